The van der Waals surface area contributed by atoms with E-state index in [2.05, 4.69) is 9.97 Å². The highest BCUT2D eigenvalue weighted by atomic mass is 32.2. The van der Waals surface area contributed by atoms with E-state index in [0.29, 0.717) is 32.1 Å². The predicted molar refractivity (Wildman–Crippen MR) is 97.5 cm³/mol. The van der Waals surface area contributed by atoms with Crippen LogP contribution < -0.4 is 10.6 Å². The first kappa shape index (κ1) is 18.1. The quantitative estimate of drug-likeness (QED) is 0.847. The van der Waals surface area contributed by atoms with Crippen LogP contribution in [-0.2, 0) is 14.6 Å². The Kier molecular flexibility index (Phi) is 4.82. The number of hydrogen-bond donors (Lipinski definition) is 1. The minimum Gasteiger partial charge on any atom is -0.382 e. The van der Waals surface area contributed by atoms with E-state index < -0.39 is 9.84 Å². The van der Waals surface area contributed by atoms with Gasteiger partial charge in [0.05, 0.1) is 11.1 Å². The van der Waals surface area contributed by atoms with Gasteiger partial charge in [-0.25, -0.2) is 13.4 Å². The predicted octanol–water partition coefficient (Wildman–Crippen LogP) is 0.869. The molecule has 26 heavy (non-hydrogen) atoms. The summed E-state index contributed by atoms with van der Waals surface area (Å²) in [6.45, 7) is 5.65. The smallest absolute Gasteiger partial charge is 0.227 e. The third-order valence-electron chi connectivity index (χ3n) is 4.37. The highest BCUT2D eigenvalue weighted by Crippen LogP contribution is 2.26. The van der Waals surface area contributed by atoms with Gasteiger partial charge in [0.25, 0.3) is 0 Å². The van der Waals surface area contributed by atoms with Crippen molar-refractivity contribution in [1.82, 2.24) is 14.9 Å². The van der Waals surface area contributed by atoms with Crippen molar-refractivity contribution in [2.45, 2.75) is 23.6 Å². The number of piperazine rings is 1. The molecule has 3 rings (SSSR count). The summed E-state index contributed by atoms with van der Waals surface area (Å²) >= 11 is 0. The molecule has 0 spiro atoms. The molecule has 2 heterocycles. The Balaban J connectivity index is 1.85. The van der Waals surface area contributed by atoms with Gasteiger partial charge in [0, 0.05) is 33.1 Å². The van der Waals surface area contributed by atoms with E-state index in [9.17, 15) is 13.2 Å². The van der Waals surface area contributed by atoms with Gasteiger partial charge in [-0.3, -0.25) is 4.79 Å². The Morgan fingerprint density at radius 3 is 2.46 bits per heavy atom. The van der Waals surface area contributed by atoms with Crippen LogP contribution in [0.1, 0.15) is 12.5 Å². The molecule has 1 aromatic heterocycles. The summed E-state index contributed by atoms with van der Waals surface area (Å²) < 4.78 is 25.6. The van der Waals surface area contributed by atoms with Crippen LogP contribution in [0.15, 0.2) is 40.3 Å². The highest BCUT2D eigenvalue weighted by Gasteiger charge is 2.25. The van der Waals surface area contributed by atoms with E-state index in [1.54, 1.807) is 17.0 Å². The molecular weight excluding hydrogens is 354 g/mol. The van der Waals surface area contributed by atoms with Crippen LogP contribution in [0.3, 0.4) is 0 Å². The molecule has 138 valence electrons. The lowest BCUT2D eigenvalue weighted by atomic mass is 10.2. The molecule has 1 amide bonds. The van der Waals surface area contributed by atoms with Crippen LogP contribution in [0.4, 0.5) is 11.8 Å². The zero-order valence-corrected chi connectivity index (χ0v) is 15.5. The maximum atomic E-state index is 12.8. The maximum Gasteiger partial charge on any atom is 0.227 e. The Labute approximate surface area is 152 Å². The molecule has 2 N–H and O–H groups in total. The van der Waals surface area contributed by atoms with Crippen molar-refractivity contribution in [3.05, 3.63) is 36.0 Å². The second-order valence-electron chi connectivity index (χ2n) is 6.23. The molecule has 2 aromatic rings. The minimum absolute atomic E-state index is 0.0321. The molecule has 9 heteroatoms. The van der Waals surface area contributed by atoms with E-state index in [0.717, 1.165) is 5.56 Å². The fourth-order valence-electron chi connectivity index (χ4n) is 2.86. The number of benzene rings is 1. The van der Waals surface area contributed by atoms with Gasteiger partial charge < -0.3 is 15.5 Å². The fourth-order valence-corrected chi connectivity index (χ4v) is 4.23. The van der Waals surface area contributed by atoms with Crippen molar-refractivity contribution in [3.63, 3.8) is 0 Å². The first-order valence-electron chi connectivity index (χ1n) is 8.24. The lowest BCUT2D eigenvalue weighted by molar-refractivity contribution is -0.129. The normalized spacial score (nSPS) is 15.2. The van der Waals surface area contributed by atoms with Crippen molar-refractivity contribution in [2.24, 2.45) is 0 Å². The maximum absolute atomic E-state index is 12.8. The molecule has 0 bridgehead atoms. The van der Waals surface area contributed by atoms with E-state index in [1.165, 1.54) is 19.2 Å². The fraction of sp³-hybridized carbons (Fsp3) is 0.353. The molecule has 1 aliphatic rings. The van der Waals surface area contributed by atoms with Crippen molar-refractivity contribution in [3.8, 4) is 0 Å². The standard InChI is InChI=1S/C17H21N5O3S/c1-12-4-3-5-14(10-12)26(24,25)15-11-19-17(20-16(15)18)22-8-6-21(7-9-22)13(2)23/h3-5,10-11H,6-9H2,1-2H3,(H2,18,19,20). The molecule has 1 aliphatic heterocycles. The lowest BCUT2D eigenvalue weighted by Crippen LogP contribution is -2.48. The van der Waals surface area contributed by atoms with Crippen LogP contribution in [-0.4, -0.2) is 55.4 Å². The van der Waals surface area contributed by atoms with Gasteiger partial charge in [-0.15, -0.1) is 0 Å². The van der Waals surface area contributed by atoms with Gasteiger partial charge in [0.1, 0.15) is 10.7 Å². The topological polar surface area (TPSA) is 109 Å². The largest absolute Gasteiger partial charge is 0.382 e. The van der Waals surface area contributed by atoms with E-state index >= 15 is 0 Å². The molecule has 1 fully saturated rings. The number of anilines is 2. The summed E-state index contributed by atoms with van der Waals surface area (Å²) in [6, 6.07) is 6.62. The highest BCUT2D eigenvalue weighted by molar-refractivity contribution is 7.91. The molecular formula is C17H21N5O3S. The third-order valence-corrected chi connectivity index (χ3v) is 6.14. The Morgan fingerprint density at radius 2 is 1.88 bits per heavy atom. The van der Waals surface area contributed by atoms with E-state index in [1.807, 2.05) is 17.9 Å². The number of aromatic nitrogens is 2. The lowest BCUT2D eigenvalue weighted by Gasteiger charge is -2.34. The van der Waals surface area contributed by atoms with Crippen molar-refractivity contribution in [1.29, 1.82) is 0 Å². The summed E-state index contributed by atoms with van der Waals surface area (Å²) in [6.07, 6.45) is 1.26. The molecule has 8 nitrogen and oxygen atoms in total. The first-order valence-corrected chi connectivity index (χ1v) is 9.72. The van der Waals surface area contributed by atoms with Crippen molar-refractivity contribution >= 4 is 27.5 Å². The SMILES string of the molecule is CC(=O)N1CCN(c2ncc(S(=O)(=O)c3cccc(C)c3)c(N)n2)CC1. The number of rotatable bonds is 3. The summed E-state index contributed by atoms with van der Waals surface area (Å²) in [5, 5.41) is 0. The molecule has 0 unspecified atom stereocenters. The average molecular weight is 375 g/mol. The first-order chi connectivity index (χ1) is 12.3. The van der Waals surface area contributed by atoms with Gasteiger partial charge in [0.2, 0.25) is 21.7 Å². The minimum atomic E-state index is -3.78. The number of aryl methyl sites for hydroxylation is 1. The van der Waals surface area contributed by atoms with Gasteiger partial charge in [-0.1, -0.05) is 12.1 Å². The number of carbonyl (C=O) groups is 1. The van der Waals surface area contributed by atoms with Crippen LogP contribution in [0, 0.1) is 6.92 Å². The number of sulfone groups is 1. The van der Waals surface area contributed by atoms with Crippen molar-refractivity contribution in [2.75, 3.05) is 36.8 Å². The van der Waals surface area contributed by atoms with Gasteiger partial charge in [-0.05, 0) is 24.6 Å². The van der Waals surface area contributed by atoms with Gasteiger partial charge >= 0.3 is 0 Å². The Hall–Kier alpha value is -2.68. The second-order valence-corrected chi connectivity index (χ2v) is 8.15. The summed E-state index contributed by atoms with van der Waals surface area (Å²) in [7, 11) is -3.78. The molecule has 0 radical (unpaired) electrons. The second kappa shape index (κ2) is 6.91. The van der Waals surface area contributed by atoms with E-state index in [-0.39, 0.29) is 21.5 Å². The monoisotopic (exact) mass is 375 g/mol. The third kappa shape index (κ3) is 3.48. The van der Waals surface area contributed by atoms with Crippen molar-refractivity contribution < 1.29 is 13.2 Å². The Bertz CT molecular complexity index is 937. The number of hydrogen-bond acceptors (Lipinski definition) is 7. The number of nitrogens with two attached hydrogens (primary N) is 1. The zero-order valence-electron chi connectivity index (χ0n) is 14.7. The summed E-state index contributed by atoms with van der Waals surface area (Å²) in [4.78, 5) is 23.5. The van der Waals surface area contributed by atoms with Crippen LogP contribution in [0.5, 0.6) is 0 Å². The molecule has 0 atom stereocenters. The molecule has 1 saturated heterocycles. The summed E-state index contributed by atoms with van der Waals surface area (Å²) in [5.41, 5.74) is 6.78. The number of amides is 1. The van der Waals surface area contributed by atoms with E-state index in [4.69, 9.17) is 5.73 Å². The number of nitrogen functional groups attached to an aromatic ring is 1. The average Bonchev–Trinajstić information content (AvgIpc) is 2.61. The summed E-state index contributed by atoms with van der Waals surface area (Å²) in [5.74, 6) is 0.323. The Morgan fingerprint density at radius 1 is 1.19 bits per heavy atom. The molecule has 0 aliphatic carbocycles. The number of nitrogens with zero attached hydrogens (tertiary/aromatic N) is 4. The molecule has 1 aromatic carbocycles. The van der Waals surface area contributed by atoms with Crippen LogP contribution in [0.2, 0.25) is 0 Å². The zero-order chi connectivity index (χ0) is 18.9. The van der Waals surface area contributed by atoms with Gasteiger partial charge in [-0.2, -0.15) is 4.98 Å². The number of carbonyl (C=O) groups excluding carboxylic acids is 1. The van der Waals surface area contributed by atoms with Crippen LogP contribution in [0.25, 0.3) is 0 Å². The van der Waals surface area contributed by atoms with Gasteiger partial charge in [0.15, 0.2) is 0 Å². The van der Waals surface area contributed by atoms with Crippen LogP contribution >= 0.6 is 0 Å². The molecule has 0 saturated carbocycles.